The lowest BCUT2D eigenvalue weighted by atomic mass is 9.75. The Bertz CT molecular complexity index is 516. The van der Waals surface area contributed by atoms with E-state index in [1.54, 1.807) is 6.92 Å². The molecule has 0 aromatic heterocycles. The standard InChI is InChI=1S/C15H22N2O4/c1-5-21-14(20)10-8-9(13(19)16(4)12(8)18)11-15(2,3)6-7-17(10)11/h8-11H,5-7H2,1-4H3/t8-,9+,10?,11?/m1/s1. The second-order valence-corrected chi connectivity index (χ2v) is 6.91. The largest absolute Gasteiger partial charge is 0.465 e. The van der Waals surface area contributed by atoms with Crippen molar-refractivity contribution in [3.63, 3.8) is 0 Å². The minimum Gasteiger partial charge on any atom is -0.465 e. The van der Waals surface area contributed by atoms with Crippen LogP contribution >= 0.6 is 0 Å². The van der Waals surface area contributed by atoms with Gasteiger partial charge in [-0.15, -0.1) is 0 Å². The third kappa shape index (κ3) is 1.78. The van der Waals surface area contributed by atoms with Crippen LogP contribution in [-0.2, 0) is 19.1 Å². The van der Waals surface area contributed by atoms with Gasteiger partial charge in [0.1, 0.15) is 6.04 Å². The van der Waals surface area contributed by atoms with Gasteiger partial charge in [-0.05, 0) is 25.3 Å². The normalized spacial score (nSPS) is 37.8. The van der Waals surface area contributed by atoms with Crippen LogP contribution in [0.3, 0.4) is 0 Å². The van der Waals surface area contributed by atoms with Gasteiger partial charge in [-0.25, -0.2) is 0 Å². The number of ether oxygens (including phenoxy) is 1. The summed E-state index contributed by atoms with van der Waals surface area (Å²) in [5.41, 5.74) is -0.0781. The number of amides is 2. The molecule has 2 unspecified atom stereocenters. The molecule has 3 aliphatic rings. The third-order valence-corrected chi connectivity index (χ3v) is 5.36. The fourth-order valence-electron chi connectivity index (χ4n) is 4.40. The van der Waals surface area contributed by atoms with E-state index in [1.165, 1.54) is 11.9 Å². The van der Waals surface area contributed by atoms with Crippen molar-refractivity contribution in [2.75, 3.05) is 20.2 Å². The molecule has 0 aromatic rings. The zero-order chi connectivity index (χ0) is 15.5. The molecule has 3 heterocycles. The maximum atomic E-state index is 12.5. The fourth-order valence-corrected chi connectivity index (χ4v) is 4.40. The van der Waals surface area contributed by atoms with E-state index in [4.69, 9.17) is 4.74 Å². The van der Waals surface area contributed by atoms with E-state index in [0.29, 0.717) is 0 Å². The van der Waals surface area contributed by atoms with Crippen molar-refractivity contribution >= 4 is 17.8 Å². The van der Waals surface area contributed by atoms with Gasteiger partial charge in [-0.1, -0.05) is 13.8 Å². The highest BCUT2D eigenvalue weighted by Gasteiger charge is 2.68. The first-order valence-electron chi connectivity index (χ1n) is 7.55. The van der Waals surface area contributed by atoms with E-state index in [0.717, 1.165) is 13.0 Å². The molecule has 3 aliphatic heterocycles. The van der Waals surface area contributed by atoms with Crippen molar-refractivity contribution in [2.45, 2.75) is 39.3 Å². The maximum Gasteiger partial charge on any atom is 0.324 e. The lowest BCUT2D eigenvalue weighted by molar-refractivity contribution is -0.153. The first kappa shape index (κ1) is 14.5. The van der Waals surface area contributed by atoms with Crippen LogP contribution in [0.5, 0.6) is 0 Å². The van der Waals surface area contributed by atoms with E-state index in [9.17, 15) is 14.4 Å². The van der Waals surface area contributed by atoms with Crippen molar-refractivity contribution in [2.24, 2.45) is 17.3 Å². The molecule has 6 heteroatoms. The Kier molecular flexibility index (Phi) is 3.13. The van der Waals surface area contributed by atoms with Crippen LogP contribution < -0.4 is 0 Å². The second kappa shape index (κ2) is 4.53. The first-order valence-corrected chi connectivity index (χ1v) is 7.55. The van der Waals surface area contributed by atoms with Gasteiger partial charge in [0, 0.05) is 13.1 Å². The number of imide groups is 1. The van der Waals surface area contributed by atoms with Crippen molar-refractivity contribution in [3.8, 4) is 0 Å². The van der Waals surface area contributed by atoms with Gasteiger partial charge < -0.3 is 4.74 Å². The Labute approximate surface area is 124 Å². The maximum absolute atomic E-state index is 12.5. The Morgan fingerprint density at radius 3 is 2.52 bits per heavy atom. The zero-order valence-corrected chi connectivity index (χ0v) is 13.0. The van der Waals surface area contributed by atoms with Gasteiger partial charge in [-0.3, -0.25) is 24.2 Å². The van der Waals surface area contributed by atoms with Crippen LogP contribution in [0.15, 0.2) is 0 Å². The van der Waals surface area contributed by atoms with Crippen molar-refractivity contribution in [3.05, 3.63) is 0 Å². The molecule has 0 radical (unpaired) electrons. The minimum absolute atomic E-state index is 0.0571. The Morgan fingerprint density at radius 2 is 1.90 bits per heavy atom. The number of hydrogen-bond acceptors (Lipinski definition) is 5. The Morgan fingerprint density at radius 1 is 1.29 bits per heavy atom. The summed E-state index contributed by atoms with van der Waals surface area (Å²) < 4.78 is 5.17. The Balaban J connectivity index is 2.04. The molecular weight excluding hydrogens is 272 g/mol. The number of rotatable bonds is 2. The molecule has 21 heavy (non-hydrogen) atoms. The quantitative estimate of drug-likeness (QED) is 0.540. The number of esters is 1. The molecule has 0 aliphatic carbocycles. The van der Waals surface area contributed by atoms with Crippen LogP contribution in [0.1, 0.15) is 27.2 Å². The van der Waals surface area contributed by atoms with Crippen LogP contribution in [-0.4, -0.2) is 59.9 Å². The average Bonchev–Trinajstić information content (AvgIpc) is 2.98. The van der Waals surface area contributed by atoms with E-state index < -0.39 is 17.9 Å². The number of likely N-dealkylation sites (tertiary alicyclic amines) is 1. The summed E-state index contributed by atoms with van der Waals surface area (Å²) in [4.78, 5) is 40.5. The monoisotopic (exact) mass is 294 g/mol. The molecule has 4 atom stereocenters. The number of fused-ring (bicyclic) bond motifs is 3. The van der Waals surface area contributed by atoms with Gasteiger partial charge in [0.15, 0.2) is 0 Å². The molecule has 0 bridgehead atoms. The van der Waals surface area contributed by atoms with Crippen molar-refractivity contribution in [1.82, 2.24) is 9.80 Å². The predicted octanol–water partition coefficient (Wildman–Crippen LogP) is 0.263. The SMILES string of the molecule is CCOC(=O)C1[C@@H]2C(=O)N(C)C(=O)[C@@H]2C2N1CCC2(C)C. The number of nitrogens with zero attached hydrogens (tertiary/aromatic N) is 2. The van der Waals surface area contributed by atoms with E-state index in [2.05, 4.69) is 13.8 Å². The van der Waals surface area contributed by atoms with Gasteiger partial charge in [0.25, 0.3) is 0 Å². The molecule has 0 saturated carbocycles. The highest BCUT2D eigenvalue weighted by atomic mass is 16.5. The molecular formula is C15H22N2O4. The summed E-state index contributed by atoms with van der Waals surface area (Å²) >= 11 is 0. The number of carbonyl (C=O) groups excluding carboxylic acids is 3. The van der Waals surface area contributed by atoms with Crippen LogP contribution in [0.2, 0.25) is 0 Å². The van der Waals surface area contributed by atoms with E-state index >= 15 is 0 Å². The molecule has 0 aromatic carbocycles. The van der Waals surface area contributed by atoms with Crippen LogP contribution in [0, 0.1) is 17.3 Å². The summed E-state index contributed by atoms with van der Waals surface area (Å²) in [5.74, 6) is -1.75. The highest BCUT2D eigenvalue weighted by Crippen LogP contribution is 2.53. The molecule has 0 spiro atoms. The summed E-state index contributed by atoms with van der Waals surface area (Å²) in [5, 5.41) is 0. The fraction of sp³-hybridized carbons (Fsp3) is 0.800. The third-order valence-electron chi connectivity index (χ3n) is 5.36. The van der Waals surface area contributed by atoms with Gasteiger partial charge in [-0.2, -0.15) is 0 Å². The molecule has 3 saturated heterocycles. The molecule has 116 valence electrons. The van der Waals surface area contributed by atoms with Crippen molar-refractivity contribution in [1.29, 1.82) is 0 Å². The summed E-state index contributed by atoms with van der Waals surface area (Å²) in [6.07, 6.45) is 0.919. The smallest absolute Gasteiger partial charge is 0.324 e. The zero-order valence-electron chi connectivity index (χ0n) is 13.0. The molecule has 0 N–H and O–H groups in total. The van der Waals surface area contributed by atoms with E-state index in [-0.39, 0.29) is 35.8 Å². The van der Waals surface area contributed by atoms with Gasteiger partial charge in [0.05, 0.1) is 18.4 Å². The summed E-state index contributed by atoms with van der Waals surface area (Å²) in [7, 11) is 1.51. The molecule has 2 amide bonds. The molecule has 3 rings (SSSR count). The molecule has 6 nitrogen and oxygen atoms in total. The van der Waals surface area contributed by atoms with E-state index in [1.807, 2.05) is 4.90 Å². The predicted molar refractivity (Wildman–Crippen MR) is 74.1 cm³/mol. The topological polar surface area (TPSA) is 66.9 Å². The second-order valence-electron chi connectivity index (χ2n) is 6.91. The summed E-state index contributed by atoms with van der Waals surface area (Å²) in [6.45, 7) is 6.99. The van der Waals surface area contributed by atoms with Gasteiger partial charge in [0.2, 0.25) is 11.8 Å². The Hall–Kier alpha value is -1.43. The van der Waals surface area contributed by atoms with Gasteiger partial charge >= 0.3 is 5.97 Å². The number of hydrogen-bond donors (Lipinski definition) is 0. The lowest BCUT2D eigenvalue weighted by Crippen LogP contribution is -2.47. The summed E-state index contributed by atoms with van der Waals surface area (Å²) in [6, 6.07) is -0.665. The van der Waals surface area contributed by atoms with Crippen LogP contribution in [0.25, 0.3) is 0 Å². The lowest BCUT2D eigenvalue weighted by Gasteiger charge is -2.31. The average molecular weight is 294 g/mol. The molecule has 3 fully saturated rings. The minimum atomic E-state index is -0.608. The van der Waals surface area contributed by atoms with Crippen LogP contribution in [0.4, 0.5) is 0 Å². The van der Waals surface area contributed by atoms with Crippen molar-refractivity contribution < 1.29 is 19.1 Å². The first-order chi connectivity index (χ1) is 9.81. The number of carbonyl (C=O) groups is 3. The highest BCUT2D eigenvalue weighted by molar-refractivity contribution is 6.08.